The Kier molecular flexibility index (Phi) is 4.41. The highest BCUT2D eigenvalue weighted by Crippen LogP contribution is 2.32. The van der Waals surface area contributed by atoms with Crippen LogP contribution < -0.4 is 5.32 Å². The molecule has 0 aliphatic rings. The molecule has 96 valence electrons. The number of benzene rings is 2. The summed E-state index contributed by atoms with van der Waals surface area (Å²) >= 11 is 9.24. The molecule has 0 saturated heterocycles. The summed E-state index contributed by atoms with van der Waals surface area (Å²) in [5.74, 6) is -0.395. The Morgan fingerprint density at radius 2 is 2.11 bits per heavy atom. The lowest BCUT2D eigenvalue weighted by Crippen LogP contribution is -2.01. The second kappa shape index (κ2) is 6.05. The molecule has 0 amide bonds. The molecule has 1 N–H and O–H groups in total. The van der Waals surface area contributed by atoms with E-state index in [-0.39, 0.29) is 0 Å². The van der Waals surface area contributed by atoms with Crippen LogP contribution in [0, 0.1) is 17.1 Å². The average molecular weight is 340 g/mol. The van der Waals surface area contributed by atoms with E-state index < -0.39 is 5.82 Å². The number of rotatable bonds is 3. The SMILES string of the molecule is N#Cc1cccc(CNc2c(Cl)cc(F)cc2Br)c1. The van der Waals surface area contributed by atoms with Gasteiger partial charge in [-0.1, -0.05) is 23.7 Å². The predicted octanol–water partition coefficient (Wildman–Crippen LogP) is 4.73. The molecule has 0 radical (unpaired) electrons. The Bertz CT molecular complexity index is 629. The van der Waals surface area contributed by atoms with E-state index >= 15 is 0 Å². The van der Waals surface area contributed by atoms with Crippen LogP contribution in [0.1, 0.15) is 11.1 Å². The Balaban J connectivity index is 2.17. The van der Waals surface area contributed by atoms with E-state index in [4.69, 9.17) is 16.9 Å². The number of anilines is 1. The van der Waals surface area contributed by atoms with Crippen molar-refractivity contribution in [1.29, 1.82) is 5.26 Å². The predicted molar refractivity (Wildman–Crippen MR) is 77.6 cm³/mol. The molecule has 2 aromatic rings. The topological polar surface area (TPSA) is 35.8 Å². The van der Waals surface area contributed by atoms with Crippen molar-refractivity contribution in [2.45, 2.75) is 6.54 Å². The maximum Gasteiger partial charge on any atom is 0.125 e. The molecule has 2 aromatic carbocycles. The van der Waals surface area contributed by atoms with E-state index in [1.165, 1.54) is 12.1 Å². The fraction of sp³-hybridized carbons (Fsp3) is 0.0714. The third-order valence-corrected chi connectivity index (χ3v) is 3.46. The maximum absolute atomic E-state index is 13.1. The number of halogens is 3. The van der Waals surface area contributed by atoms with Gasteiger partial charge in [-0.3, -0.25) is 0 Å². The summed E-state index contributed by atoms with van der Waals surface area (Å²) in [5, 5.41) is 12.3. The Hall–Kier alpha value is -1.57. The van der Waals surface area contributed by atoms with Gasteiger partial charge in [0.05, 0.1) is 22.3 Å². The van der Waals surface area contributed by atoms with Crippen molar-refractivity contribution >= 4 is 33.2 Å². The number of nitrogens with one attached hydrogen (secondary N) is 1. The van der Waals surface area contributed by atoms with E-state index in [0.29, 0.717) is 27.3 Å². The van der Waals surface area contributed by atoms with E-state index in [1.54, 1.807) is 12.1 Å². The van der Waals surface area contributed by atoms with E-state index in [2.05, 4.69) is 27.3 Å². The van der Waals surface area contributed by atoms with E-state index in [0.717, 1.165) is 5.56 Å². The molecular formula is C14H9BrClFN2. The van der Waals surface area contributed by atoms with Crippen molar-refractivity contribution in [3.63, 3.8) is 0 Å². The number of hydrogen-bond acceptors (Lipinski definition) is 2. The molecule has 19 heavy (non-hydrogen) atoms. The van der Waals surface area contributed by atoms with E-state index in [9.17, 15) is 4.39 Å². The Morgan fingerprint density at radius 1 is 1.32 bits per heavy atom. The first kappa shape index (κ1) is 13.9. The van der Waals surface area contributed by atoms with Gasteiger partial charge < -0.3 is 5.32 Å². The highest BCUT2D eigenvalue weighted by molar-refractivity contribution is 9.10. The normalized spacial score (nSPS) is 10.0. The Morgan fingerprint density at radius 3 is 2.79 bits per heavy atom. The van der Waals surface area contributed by atoms with Gasteiger partial charge in [0, 0.05) is 11.0 Å². The number of nitriles is 1. The summed E-state index contributed by atoms with van der Waals surface area (Å²) in [6.45, 7) is 0.499. The minimum Gasteiger partial charge on any atom is -0.379 e. The Labute approximate surface area is 123 Å². The smallest absolute Gasteiger partial charge is 0.125 e. The minimum absolute atomic E-state index is 0.309. The summed E-state index contributed by atoms with van der Waals surface area (Å²) in [5.41, 5.74) is 2.18. The van der Waals surface area contributed by atoms with Gasteiger partial charge in [-0.05, 0) is 45.8 Å². The molecule has 2 nitrogen and oxygen atoms in total. The zero-order chi connectivity index (χ0) is 13.8. The van der Waals surface area contributed by atoms with Gasteiger partial charge in [-0.25, -0.2) is 4.39 Å². The highest BCUT2D eigenvalue weighted by atomic mass is 79.9. The molecule has 0 spiro atoms. The number of hydrogen-bond donors (Lipinski definition) is 1. The first-order chi connectivity index (χ1) is 9.10. The highest BCUT2D eigenvalue weighted by Gasteiger charge is 2.07. The molecule has 0 saturated carbocycles. The lowest BCUT2D eigenvalue weighted by atomic mass is 10.1. The van der Waals surface area contributed by atoms with Crippen LogP contribution in [-0.2, 0) is 6.54 Å². The first-order valence-electron chi connectivity index (χ1n) is 5.47. The van der Waals surface area contributed by atoms with Gasteiger partial charge in [0.1, 0.15) is 5.82 Å². The summed E-state index contributed by atoms with van der Waals surface area (Å²) < 4.78 is 13.7. The molecule has 0 aliphatic carbocycles. The van der Waals surface area contributed by atoms with Crippen molar-refractivity contribution in [3.05, 3.63) is 62.8 Å². The monoisotopic (exact) mass is 338 g/mol. The third kappa shape index (κ3) is 3.46. The maximum atomic E-state index is 13.1. The lowest BCUT2D eigenvalue weighted by Gasteiger charge is -2.11. The van der Waals surface area contributed by atoms with Crippen molar-refractivity contribution in [3.8, 4) is 6.07 Å². The summed E-state index contributed by atoms with van der Waals surface area (Å²) in [6.07, 6.45) is 0. The fourth-order valence-electron chi connectivity index (χ4n) is 1.65. The third-order valence-electron chi connectivity index (χ3n) is 2.53. The quantitative estimate of drug-likeness (QED) is 0.878. The zero-order valence-electron chi connectivity index (χ0n) is 9.75. The van der Waals surface area contributed by atoms with Gasteiger partial charge in [-0.15, -0.1) is 0 Å². The van der Waals surface area contributed by atoms with Crippen LogP contribution in [0.3, 0.4) is 0 Å². The molecule has 0 atom stereocenters. The van der Waals surface area contributed by atoms with Crippen molar-refractivity contribution in [1.82, 2.24) is 0 Å². The molecule has 5 heteroatoms. The van der Waals surface area contributed by atoms with Crippen LogP contribution >= 0.6 is 27.5 Å². The molecule has 2 rings (SSSR count). The van der Waals surface area contributed by atoms with Crippen LogP contribution in [0.4, 0.5) is 10.1 Å². The van der Waals surface area contributed by atoms with Gasteiger partial charge >= 0.3 is 0 Å². The van der Waals surface area contributed by atoms with Crippen molar-refractivity contribution in [2.75, 3.05) is 5.32 Å². The molecular weight excluding hydrogens is 331 g/mol. The van der Waals surface area contributed by atoms with Crippen LogP contribution in [0.5, 0.6) is 0 Å². The summed E-state index contributed by atoms with van der Waals surface area (Å²) in [4.78, 5) is 0. The molecule has 0 bridgehead atoms. The second-order valence-electron chi connectivity index (χ2n) is 3.91. The first-order valence-corrected chi connectivity index (χ1v) is 6.64. The van der Waals surface area contributed by atoms with Gasteiger partial charge in [0.25, 0.3) is 0 Å². The number of nitrogens with zero attached hydrogens (tertiary/aromatic N) is 1. The van der Waals surface area contributed by atoms with E-state index in [1.807, 2.05) is 12.1 Å². The fourth-order valence-corrected chi connectivity index (χ4v) is 2.61. The van der Waals surface area contributed by atoms with Gasteiger partial charge in [0.15, 0.2) is 0 Å². The molecule has 0 aromatic heterocycles. The van der Waals surface area contributed by atoms with Gasteiger partial charge in [0.2, 0.25) is 0 Å². The molecule has 0 fully saturated rings. The van der Waals surface area contributed by atoms with Crippen molar-refractivity contribution in [2.24, 2.45) is 0 Å². The average Bonchev–Trinajstić information content (AvgIpc) is 2.37. The summed E-state index contributed by atoms with van der Waals surface area (Å²) in [6, 6.07) is 11.9. The second-order valence-corrected chi connectivity index (χ2v) is 5.17. The summed E-state index contributed by atoms with van der Waals surface area (Å²) in [7, 11) is 0. The molecule has 0 aliphatic heterocycles. The molecule has 0 unspecified atom stereocenters. The van der Waals surface area contributed by atoms with Crippen LogP contribution in [-0.4, -0.2) is 0 Å². The van der Waals surface area contributed by atoms with Crippen LogP contribution in [0.2, 0.25) is 5.02 Å². The van der Waals surface area contributed by atoms with Crippen LogP contribution in [0.25, 0.3) is 0 Å². The molecule has 0 heterocycles. The van der Waals surface area contributed by atoms with Crippen molar-refractivity contribution < 1.29 is 4.39 Å². The van der Waals surface area contributed by atoms with Crippen LogP contribution in [0.15, 0.2) is 40.9 Å². The zero-order valence-corrected chi connectivity index (χ0v) is 12.1. The minimum atomic E-state index is -0.395. The largest absolute Gasteiger partial charge is 0.379 e. The standard InChI is InChI=1S/C14H9BrClFN2/c15-12-5-11(17)6-13(16)14(12)19-8-10-3-1-2-9(4-10)7-18/h1-6,19H,8H2. The lowest BCUT2D eigenvalue weighted by molar-refractivity contribution is 0.627. The van der Waals surface area contributed by atoms with Gasteiger partial charge in [-0.2, -0.15) is 5.26 Å².